The van der Waals surface area contributed by atoms with Crippen LogP contribution in [0.2, 0.25) is 5.28 Å². The summed E-state index contributed by atoms with van der Waals surface area (Å²) in [7, 11) is 0. The van der Waals surface area contributed by atoms with E-state index in [2.05, 4.69) is 22.2 Å². The van der Waals surface area contributed by atoms with Gasteiger partial charge in [-0.05, 0) is 24.4 Å². The summed E-state index contributed by atoms with van der Waals surface area (Å²) >= 11 is 5.54. The highest BCUT2D eigenvalue weighted by Crippen LogP contribution is 2.11. The Labute approximate surface area is 99.2 Å². The molecule has 0 aliphatic carbocycles. The van der Waals surface area contributed by atoms with E-state index in [1.807, 2.05) is 0 Å². The number of rotatable bonds is 7. The molecule has 0 fully saturated rings. The molecule has 0 spiro atoms. The maximum Gasteiger partial charge on any atom is 0.224 e. The van der Waals surface area contributed by atoms with Crippen molar-refractivity contribution < 1.29 is 9.13 Å². The second kappa shape index (κ2) is 7.35. The Morgan fingerprint density at radius 3 is 3.06 bits per heavy atom. The second-order valence-electron chi connectivity index (χ2n) is 3.23. The molecule has 1 heterocycles. The Kier molecular flexibility index (Phi) is 6.03. The molecule has 0 unspecified atom stereocenters. The molecule has 0 bridgehead atoms. The quantitative estimate of drug-likeness (QED) is 0.594. The lowest BCUT2D eigenvalue weighted by Gasteiger charge is -2.06. The predicted octanol–water partition coefficient (Wildman–Crippen LogP) is 2.50. The van der Waals surface area contributed by atoms with Crippen LogP contribution >= 0.6 is 11.6 Å². The highest BCUT2D eigenvalue weighted by atomic mass is 35.5. The summed E-state index contributed by atoms with van der Waals surface area (Å²) in [6.07, 6.45) is 2.84. The standard InChI is InChI=1S/C10H15ClFN3O/c1-2-5-16-6-3-4-13-9-8(12)7-14-10(11)15-9/h7H,2-6H2,1H3,(H,13,14,15). The summed E-state index contributed by atoms with van der Waals surface area (Å²) in [4.78, 5) is 7.26. The minimum atomic E-state index is -0.501. The van der Waals surface area contributed by atoms with Crippen molar-refractivity contribution in [3.63, 3.8) is 0 Å². The molecule has 16 heavy (non-hydrogen) atoms. The lowest BCUT2D eigenvalue weighted by Crippen LogP contribution is -2.09. The van der Waals surface area contributed by atoms with E-state index in [9.17, 15) is 4.39 Å². The van der Waals surface area contributed by atoms with Crippen LogP contribution in [-0.4, -0.2) is 29.7 Å². The van der Waals surface area contributed by atoms with E-state index in [1.54, 1.807) is 0 Å². The Morgan fingerprint density at radius 2 is 2.31 bits per heavy atom. The number of nitrogens with zero attached hydrogens (tertiary/aromatic N) is 2. The molecule has 0 aliphatic heterocycles. The van der Waals surface area contributed by atoms with Gasteiger partial charge in [0.25, 0.3) is 0 Å². The zero-order valence-corrected chi connectivity index (χ0v) is 9.93. The molecule has 1 aromatic rings. The van der Waals surface area contributed by atoms with E-state index < -0.39 is 5.82 Å². The maximum atomic E-state index is 13.1. The maximum absolute atomic E-state index is 13.1. The molecule has 0 atom stereocenters. The SMILES string of the molecule is CCCOCCCNc1nc(Cl)ncc1F. The summed E-state index contributed by atoms with van der Waals surface area (Å²) in [6, 6.07) is 0. The van der Waals surface area contributed by atoms with Crippen LogP contribution in [0.1, 0.15) is 19.8 Å². The highest BCUT2D eigenvalue weighted by molar-refractivity contribution is 6.28. The average molecular weight is 248 g/mol. The van der Waals surface area contributed by atoms with Gasteiger partial charge >= 0.3 is 0 Å². The molecule has 0 amide bonds. The van der Waals surface area contributed by atoms with Crippen LogP contribution in [0.4, 0.5) is 10.2 Å². The van der Waals surface area contributed by atoms with Gasteiger partial charge in [-0.3, -0.25) is 0 Å². The molecule has 1 aromatic heterocycles. The number of ether oxygens (including phenoxy) is 1. The fraction of sp³-hybridized carbons (Fsp3) is 0.600. The summed E-state index contributed by atoms with van der Waals surface area (Å²) in [5.41, 5.74) is 0. The number of hydrogen-bond acceptors (Lipinski definition) is 4. The Bertz CT molecular complexity index is 325. The summed E-state index contributed by atoms with van der Waals surface area (Å²) in [5.74, 6) is -0.366. The Hall–Kier alpha value is -0.940. The number of anilines is 1. The van der Waals surface area contributed by atoms with E-state index in [0.717, 1.165) is 25.6 Å². The van der Waals surface area contributed by atoms with E-state index in [1.165, 1.54) is 0 Å². The largest absolute Gasteiger partial charge is 0.381 e. The van der Waals surface area contributed by atoms with Crippen molar-refractivity contribution >= 4 is 17.4 Å². The third-order valence-corrected chi connectivity index (χ3v) is 2.00. The topological polar surface area (TPSA) is 47.0 Å². The number of hydrogen-bond donors (Lipinski definition) is 1. The monoisotopic (exact) mass is 247 g/mol. The van der Waals surface area contributed by atoms with Crippen LogP contribution < -0.4 is 5.32 Å². The Morgan fingerprint density at radius 1 is 1.50 bits per heavy atom. The van der Waals surface area contributed by atoms with Gasteiger partial charge in [0.15, 0.2) is 11.6 Å². The zero-order chi connectivity index (χ0) is 11.8. The van der Waals surface area contributed by atoms with Crippen molar-refractivity contribution in [2.24, 2.45) is 0 Å². The molecule has 0 saturated heterocycles. The highest BCUT2D eigenvalue weighted by Gasteiger charge is 2.04. The number of aromatic nitrogens is 2. The summed E-state index contributed by atoms with van der Waals surface area (Å²) in [6.45, 7) is 4.06. The van der Waals surface area contributed by atoms with Crippen LogP contribution in [0, 0.1) is 5.82 Å². The molecule has 90 valence electrons. The van der Waals surface area contributed by atoms with E-state index in [-0.39, 0.29) is 11.1 Å². The fourth-order valence-corrected chi connectivity index (χ4v) is 1.23. The third kappa shape index (κ3) is 4.72. The van der Waals surface area contributed by atoms with Gasteiger partial charge in [0.2, 0.25) is 5.28 Å². The van der Waals surface area contributed by atoms with Gasteiger partial charge in [-0.25, -0.2) is 9.37 Å². The lowest BCUT2D eigenvalue weighted by molar-refractivity contribution is 0.134. The normalized spacial score (nSPS) is 10.4. The van der Waals surface area contributed by atoms with E-state index in [0.29, 0.717) is 13.2 Å². The van der Waals surface area contributed by atoms with E-state index in [4.69, 9.17) is 16.3 Å². The van der Waals surface area contributed by atoms with E-state index >= 15 is 0 Å². The first-order chi connectivity index (χ1) is 7.74. The smallest absolute Gasteiger partial charge is 0.224 e. The summed E-state index contributed by atoms with van der Waals surface area (Å²) in [5, 5.41) is 2.87. The van der Waals surface area contributed by atoms with Crippen molar-refractivity contribution in [1.29, 1.82) is 0 Å². The van der Waals surface area contributed by atoms with Crippen LogP contribution in [-0.2, 0) is 4.74 Å². The molecular formula is C10H15ClFN3O. The lowest BCUT2D eigenvalue weighted by atomic mass is 10.4. The first-order valence-corrected chi connectivity index (χ1v) is 5.61. The molecule has 0 aromatic carbocycles. The first-order valence-electron chi connectivity index (χ1n) is 5.23. The van der Waals surface area contributed by atoms with Gasteiger partial charge in [0.05, 0.1) is 6.20 Å². The second-order valence-corrected chi connectivity index (χ2v) is 3.57. The van der Waals surface area contributed by atoms with Gasteiger partial charge in [0, 0.05) is 19.8 Å². The van der Waals surface area contributed by atoms with Gasteiger partial charge in [0.1, 0.15) is 0 Å². The molecule has 1 rings (SSSR count). The molecule has 0 saturated carbocycles. The van der Waals surface area contributed by atoms with Crippen LogP contribution in [0.15, 0.2) is 6.20 Å². The van der Waals surface area contributed by atoms with Gasteiger partial charge < -0.3 is 10.1 Å². The summed E-state index contributed by atoms with van der Waals surface area (Å²) < 4.78 is 18.4. The molecule has 0 radical (unpaired) electrons. The minimum Gasteiger partial charge on any atom is -0.381 e. The van der Waals surface area contributed by atoms with Crippen LogP contribution in [0.25, 0.3) is 0 Å². The molecule has 1 N–H and O–H groups in total. The first kappa shape index (κ1) is 13.1. The predicted molar refractivity (Wildman–Crippen MR) is 61.2 cm³/mol. The van der Waals surface area contributed by atoms with Crippen molar-refractivity contribution in [2.45, 2.75) is 19.8 Å². The number of halogens is 2. The average Bonchev–Trinajstić information content (AvgIpc) is 2.28. The van der Waals surface area contributed by atoms with Gasteiger partial charge in [-0.15, -0.1) is 0 Å². The number of nitrogens with one attached hydrogen (secondary N) is 1. The fourth-order valence-electron chi connectivity index (χ4n) is 1.10. The van der Waals surface area contributed by atoms with Crippen LogP contribution in [0.5, 0.6) is 0 Å². The van der Waals surface area contributed by atoms with Crippen molar-refractivity contribution in [3.8, 4) is 0 Å². The van der Waals surface area contributed by atoms with Crippen LogP contribution in [0.3, 0.4) is 0 Å². The Balaban J connectivity index is 2.23. The molecular weight excluding hydrogens is 233 g/mol. The van der Waals surface area contributed by atoms with Gasteiger partial charge in [-0.2, -0.15) is 4.98 Å². The van der Waals surface area contributed by atoms with Gasteiger partial charge in [-0.1, -0.05) is 6.92 Å². The van der Waals surface area contributed by atoms with Crippen molar-refractivity contribution in [1.82, 2.24) is 9.97 Å². The zero-order valence-electron chi connectivity index (χ0n) is 9.17. The molecule has 6 heteroatoms. The van der Waals surface area contributed by atoms with Crippen molar-refractivity contribution in [3.05, 3.63) is 17.3 Å². The molecule has 4 nitrogen and oxygen atoms in total. The third-order valence-electron chi connectivity index (χ3n) is 1.82. The minimum absolute atomic E-state index is 0.0335. The molecule has 0 aliphatic rings. The van der Waals surface area contributed by atoms with Crippen molar-refractivity contribution in [2.75, 3.05) is 25.1 Å².